The number of amides is 2. The van der Waals surface area contributed by atoms with Crippen molar-refractivity contribution < 1.29 is 9.59 Å². The zero-order valence-corrected chi connectivity index (χ0v) is 11.5. The smallest absolute Gasteiger partial charge is 0.249 e. The van der Waals surface area contributed by atoms with Gasteiger partial charge in [0.2, 0.25) is 11.8 Å². The van der Waals surface area contributed by atoms with Crippen molar-refractivity contribution in [3.8, 4) is 0 Å². The Bertz CT molecular complexity index is 504. The number of anilines is 1. The molecule has 0 aromatic heterocycles. The lowest BCUT2D eigenvalue weighted by Gasteiger charge is -2.33. The van der Waals surface area contributed by atoms with Crippen LogP contribution in [0.1, 0.15) is 12.5 Å². The first-order chi connectivity index (χ1) is 8.52. The lowest BCUT2D eigenvalue weighted by Crippen LogP contribution is -2.57. The van der Waals surface area contributed by atoms with E-state index in [9.17, 15) is 9.59 Å². The molecule has 0 aliphatic carbocycles. The van der Waals surface area contributed by atoms with Gasteiger partial charge in [-0.3, -0.25) is 14.9 Å². The number of imide groups is 1. The third-order valence-corrected chi connectivity index (χ3v) is 3.75. The number of carbonyl (C=O) groups is 2. The van der Waals surface area contributed by atoms with Gasteiger partial charge in [-0.2, -0.15) is 0 Å². The number of benzene rings is 1. The van der Waals surface area contributed by atoms with Crippen LogP contribution in [0.15, 0.2) is 22.7 Å². The predicted molar refractivity (Wildman–Crippen MR) is 72.0 cm³/mol. The van der Waals surface area contributed by atoms with Crippen molar-refractivity contribution in [1.82, 2.24) is 5.32 Å². The van der Waals surface area contributed by atoms with Crippen molar-refractivity contribution in [2.75, 3.05) is 11.4 Å². The fourth-order valence-electron chi connectivity index (χ4n) is 1.91. The summed E-state index contributed by atoms with van der Waals surface area (Å²) in [7, 11) is 0. The van der Waals surface area contributed by atoms with Gasteiger partial charge in [-0.05, 0) is 24.6 Å². The zero-order valence-electron chi connectivity index (χ0n) is 9.94. The summed E-state index contributed by atoms with van der Waals surface area (Å²) in [4.78, 5) is 24.8. The molecule has 5 nitrogen and oxygen atoms in total. The van der Waals surface area contributed by atoms with Crippen LogP contribution in [0.3, 0.4) is 0 Å². The number of nitrogens with two attached hydrogens (primary N) is 1. The molecule has 1 unspecified atom stereocenters. The molecule has 18 heavy (non-hydrogen) atoms. The molecule has 2 amide bonds. The molecule has 1 atom stereocenters. The fourth-order valence-corrected chi connectivity index (χ4v) is 2.44. The Morgan fingerprint density at radius 1 is 1.50 bits per heavy atom. The second-order valence-corrected chi connectivity index (χ2v) is 5.05. The molecule has 3 N–H and O–H groups in total. The molecule has 0 spiro atoms. The van der Waals surface area contributed by atoms with E-state index in [0.29, 0.717) is 6.54 Å². The first kappa shape index (κ1) is 13.0. The molecular weight excluding hydrogens is 298 g/mol. The van der Waals surface area contributed by atoms with Gasteiger partial charge in [0.25, 0.3) is 0 Å². The van der Waals surface area contributed by atoms with Crippen molar-refractivity contribution in [3.63, 3.8) is 0 Å². The number of piperazine rings is 1. The van der Waals surface area contributed by atoms with E-state index >= 15 is 0 Å². The molecule has 1 aromatic carbocycles. The summed E-state index contributed by atoms with van der Waals surface area (Å²) in [6.45, 7) is 2.39. The highest BCUT2D eigenvalue weighted by Gasteiger charge is 2.30. The minimum atomic E-state index is -0.363. The van der Waals surface area contributed by atoms with Gasteiger partial charge in [0.15, 0.2) is 0 Å². The molecule has 1 fully saturated rings. The van der Waals surface area contributed by atoms with E-state index in [0.717, 1.165) is 15.7 Å². The normalized spacial score (nSPS) is 19.9. The zero-order chi connectivity index (χ0) is 13.3. The summed E-state index contributed by atoms with van der Waals surface area (Å²) in [6.07, 6.45) is 0. The highest BCUT2D eigenvalue weighted by atomic mass is 79.9. The number of hydrogen-bond acceptors (Lipinski definition) is 4. The van der Waals surface area contributed by atoms with Gasteiger partial charge in [-0.1, -0.05) is 22.0 Å². The monoisotopic (exact) mass is 311 g/mol. The number of nitrogens with zero attached hydrogens (tertiary/aromatic N) is 1. The third kappa shape index (κ3) is 2.39. The summed E-state index contributed by atoms with van der Waals surface area (Å²) in [5.74, 6) is -0.553. The van der Waals surface area contributed by atoms with Crippen molar-refractivity contribution >= 4 is 33.4 Å². The molecule has 1 aromatic rings. The summed E-state index contributed by atoms with van der Waals surface area (Å²) in [5.41, 5.74) is 7.40. The maximum absolute atomic E-state index is 11.6. The van der Waals surface area contributed by atoms with Crippen molar-refractivity contribution in [2.24, 2.45) is 5.73 Å². The van der Waals surface area contributed by atoms with E-state index in [1.54, 1.807) is 11.8 Å². The second-order valence-electron chi connectivity index (χ2n) is 4.20. The van der Waals surface area contributed by atoms with Gasteiger partial charge < -0.3 is 10.6 Å². The van der Waals surface area contributed by atoms with Gasteiger partial charge >= 0.3 is 0 Å². The van der Waals surface area contributed by atoms with Crippen molar-refractivity contribution in [3.05, 3.63) is 28.2 Å². The lowest BCUT2D eigenvalue weighted by atomic mass is 10.1. The van der Waals surface area contributed by atoms with E-state index in [1.165, 1.54) is 0 Å². The molecular formula is C12H14BrN3O2. The van der Waals surface area contributed by atoms with Gasteiger partial charge in [-0.25, -0.2) is 0 Å². The maximum Gasteiger partial charge on any atom is 0.249 e. The molecule has 96 valence electrons. The molecule has 1 aliphatic heterocycles. The van der Waals surface area contributed by atoms with Crippen LogP contribution in [0, 0.1) is 0 Å². The van der Waals surface area contributed by atoms with Crippen molar-refractivity contribution in [2.45, 2.75) is 19.5 Å². The summed E-state index contributed by atoms with van der Waals surface area (Å²) >= 11 is 3.43. The Kier molecular flexibility index (Phi) is 3.68. The van der Waals surface area contributed by atoms with E-state index < -0.39 is 0 Å². The number of halogens is 1. The molecule has 1 heterocycles. The average Bonchev–Trinajstić information content (AvgIpc) is 2.33. The summed E-state index contributed by atoms with van der Waals surface area (Å²) in [6, 6.07) is 5.28. The predicted octanol–water partition coefficient (Wildman–Crippen LogP) is 0.759. The Hall–Kier alpha value is -1.40. The number of carbonyl (C=O) groups excluding carboxylic acids is 2. The SMILES string of the molecule is CC1C(=O)NC(=O)CN1c1ccc(CN)c(Br)c1. The molecule has 1 aliphatic rings. The Morgan fingerprint density at radius 3 is 2.83 bits per heavy atom. The fraction of sp³-hybridized carbons (Fsp3) is 0.333. The van der Waals surface area contributed by atoms with Gasteiger partial charge in [0.1, 0.15) is 6.04 Å². The van der Waals surface area contributed by atoms with Crippen LogP contribution in [0.25, 0.3) is 0 Å². The van der Waals surface area contributed by atoms with Gasteiger partial charge in [-0.15, -0.1) is 0 Å². The Labute approximate surface area is 113 Å². The van der Waals surface area contributed by atoms with Crippen LogP contribution in [-0.2, 0) is 16.1 Å². The van der Waals surface area contributed by atoms with E-state index in [4.69, 9.17) is 5.73 Å². The van der Waals surface area contributed by atoms with Gasteiger partial charge in [0.05, 0.1) is 6.54 Å². The van der Waals surface area contributed by atoms with Gasteiger partial charge in [0, 0.05) is 16.7 Å². The molecule has 0 bridgehead atoms. The molecule has 1 saturated heterocycles. The largest absolute Gasteiger partial charge is 0.350 e. The van der Waals surface area contributed by atoms with E-state index in [-0.39, 0.29) is 24.4 Å². The van der Waals surface area contributed by atoms with E-state index in [2.05, 4.69) is 21.2 Å². The highest BCUT2D eigenvalue weighted by molar-refractivity contribution is 9.10. The highest BCUT2D eigenvalue weighted by Crippen LogP contribution is 2.26. The number of hydrogen-bond donors (Lipinski definition) is 2. The first-order valence-electron chi connectivity index (χ1n) is 5.61. The number of rotatable bonds is 2. The van der Waals surface area contributed by atoms with Crippen LogP contribution in [0.2, 0.25) is 0 Å². The average molecular weight is 312 g/mol. The van der Waals surface area contributed by atoms with E-state index in [1.807, 2.05) is 18.2 Å². The van der Waals surface area contributed by atoms with Crippen LogP contribution >= 0.6 is 15.9 Å². The number of nitrogens with one attached hydrogen (secondary N) is 1. The van der Waals surface area contributed by atoms with Crippen LogP contribution in [0.4, 0.5) is 5.69 Å². The molecule has 2 rings (SSSR count). The molecule has 0 radical (unpaired) electrons. The summed E-state index contributed by atoms with van der Waals surface area (Å²) < 4.78 is 0.883. The molecule has 0 saturated carbocycles. The standard InChI is InChI=1S/C12H14BrN3O2/c1-7-12(18)15-11(17)6-16(7)9-3-2-8(5-14)10(13)4-9/h2-4,7H,5-6,14H2,1H3,(H,15,17,18). The van der Waals surface area contributed by atoms with Crippen LogP contribution in [-0.4, -0.2) is 24.4 Å². The summed E-state index contributed by atoms with van der Waals surface area (Å²) in [5, 5.41) is 2.31. The van der Waals surface area contributed by atoms with Crippen LogP contribution in [0.5, 0.6) is 0 Å². The third-order valence-electron chi connectivity index (χ3n) is 3.01. The quantitative estimate of drug-likeness (QED) is 0.791. The van der Waals surface area contributed by atoms with Crippen molar-refractivity contribution in [1.29, 1.82) is 0 Å². The lowest BCUT2D eigenvalue weighted by molar-refractivity contribution is -0.132. The topological polar surface area (TPSA) is 75.4 Å². The molecule has 6 heteroatoms. The second kappa shape index (κ2) is 5.07. The Balaban J connectivity index is 2.32. The van der Waals surface area contributed by atoms with Crippen LogP contribution < -0.4 is 16.0 Å². The minimum absolute atomic E-state index is 0.182. The Morgan fingerprint density at radius 2 is 2.22 bits per heavy atom. The maximum atomic E-state index is 11.6. The first-order valence-corrected chi connectivity index (χ1v) is 6.41. The minimum Gasteiger partial charge on any atom is -0.350 e.